The maximum atomic E-state index is 5.18. The van der Waals surface area contributed by atoms with Crippen LogP contribution in [0.1, 0.15) is 157 Å². The van der Waals surface area contributed by atoms with Gasteiger partial charge in [0.05, 0.1) is 7.11 Å². The molecule has 1 nitrogen and oxygen atoms in total. The molecule has 0 heterocycles. The van der Waals surface area contributed by atoms with E-state index in [4.69, 9.17) is 4.74 Å². The predicted octanol–water partition coefficient (Wildman–Crippen LogP) is 23.5. The summed E-state index contributed by atoms with van der Waals surface area (Å²) in [6.07, 6.45) is 0. The third-order valence-electron chi connectivity index (χ3n) is 13.6. The SMILES string of the molecule is COc1ccc(C(C)C)cc1C.Cc1cc(C)c(C)c(C)c1.Cc1ccc(C(C)(C)C)cc1.Cc1ccc(C)c(C)c1.Cc1cccc(C)c1.Cc1cccc(C)c1.Cc1cccc(C)c1.Cc1cccc(C)c1.Cc1cccc(C)c1. The number of methoxy groups -OCH3 is 1. The van der Waals surface area contributed by atoms with Gasteiger partial charge in [-0.3, -0.25) is 0 Å². The summed E-state index contributed by atoms with van der Waals surface area (Å²) in [5.74, 6) is 1.56. The molecule has 0 atom stereocenters. The van der Waals surface area contributed by atoms with Gasteiger partial charge in [-0.25, -0.2) is 0 Å². The largest absolute Gasteiger partial charge is 0.496 e. The Morgan fingerprint density at radius 2 is 0.561 bits per heavy atom. The van der Waals surface area contributed by atoms with Gasteiger partial charge in [-0.05, 0) is 193 Å². The number of hydrogen-bond acceptors (Lipinski definition) is 1. The molecule has 9 aromatic carbocycles. The van der Waals surface area contributed by atoms with Crippen LogP contribution in [-0.2, 0) is 5.41 Å². The van der Waals surface area contributed by atoms with Crippen LogP contribution >= 0.6 is 0 Å². The Hall–Kier alpha value is -7.22. The quantitative estimate of drug-likeness (QED) is 0.168. The minimum Gasteiger partial charge on any atom is -0.496 e. The minimum absolute atomic E-state index is 0.285. The van der Waals surface area contributed by atoms with Crippen LogP contribution in [0.15, 0.2) is 194 Å². The highest BCUT2D eigenvalue weighted by atomic mass is 16.5. The lowest BCUT2D eigenvalue weighted by molar-refractivity contribution is 0.411. The van der Waals surface area contributed by atoms with Crippen LogP contribution in [0.3, 0.4) is 0 Å². The molecule has 0 spiro atoms. The maximum Gasteiger partial charge on any atom is 0.121 e. The van der Waals surface area contributed by atoms with Crippen LogP contribution in [0.4, 0.5) is 0 Å². The lowest BCUT2D eigenvalue weighted by Crippen LogP contribution is -2.10. The molecule has 1 heteroatoms. The van der Waals surface area contributed by atoms with E-state index in [0.29, 0.717) is 5.92 Å². The third-order valence-corrected chi connectivity index (χ3v) is 13.6. The van der Waals surface area contributed by atoms with Gasteiger partial charge < -0.3 is 4.74 Å². The Balaban J connectivity index is 0.000000463. The summed E-state index contributed by atoms with van der Waals surface area (Å²) in [5, 5.41) is 0. The second kappa shape index (κ2) is 38.5. The second-order valence-corrected chi connectivity index (χ2v) is 23.9. The van der Waals surface area contributed by atoms with E-state index in [9.17, 15) is 0 Å². The fraction of sp³-hybridized carbons (Fsp3) is 0.333. The Labute approximate surface area is 503 Å². The van der Waals surface area contributed by atoms with Crippen molar-refractivity contribution in [1.29, 1.82) is 0 Å². The van der Waals surface area contributed by atoms with Gasteiger partial charge in [-0.2, -0.15) is 0 Å². The molecule has 0 aliphatic heterocycles. The van der Waals surface area contributed by atoms with Crippen LogP contribution < -0.4 is 4.74 Å². The summed E-state index contributed by atoms with van der Waals surface area (Å²) >= 11 is 0. The molecule has 9 rings (SSSR count). The van der Waals surface area contributed by atoms with Crippen molar-refractivity contribution in [3.63, 3.8) is 0 Å². The van der Waals surface area contributed by atoms with E-state index in [0.717, 1.165) is 5.75 Å². The van der Waals surface area contributed by atoms with Crippen molar-refractivity contribution < 1.29 is 4.74 Å². The summed E-state index contributed by atoms with van der Waals surface area (Å²) in [7, 11) is 1.71. The zero-order valence-corrected chi connectivity index (χ0v) is 56.0. The fourth-order valence-electron chi connectivity index (χ4n) is 8.49. The number of rotatable bonds is 2. The van der Waals surface area contributed by atoms with Gasteiger partial charge in [-0.15, -0.1) is 0 Å². The minimum atomic E-state index is 0.285. The monoisotopic (exact) mass is 1100 g/mol. The van der Waals surface area contributed by atoms with Crippen LogP contribution in [0.25, 0.3) is 0 Å². The lowest BCUT2D eigenvalue weighted by atomic mass is 9.87. The van der Waals surface area contributed by atoms with Gasteiger partial charge in [0.15, 0.2) is 0 Å². The highest BCUT2D eigenvalue weighted by Crippen LogP contribution is 2.24. The summed E-state index contributed by atoms with van der Waals surface area (Å²) in [5.41, 5.74) is 28.7. The first-order chi connectivity index (χ1) is 38.4. The van der Waals surface area contributed by atoms with Crippen LogP contribution in [-0.4, -0.2) is 7.11 Å². The molecular weight excluding hydrogens is 989 g/mol. The van der Waals surface area contributed by atoms with E-state index >= 15 is 0 Å². The number of benzene rings is 9. The molecule has 0 aromatic heterocycles. The second-order valence-electron chi connectivity index (χ2n) is 23.9. The van der Waals surface area contributed by atoms with E-state index < -0.39 is 0 Å². The van der Waals surface area contributed by atoms with Gasteiger partial charge in [0.25, 0.3) is 0 Å². The summed E-state index contributed by atoms with van der Waals surface area (Å²) in [4.78, 5) is 0. The van der Waals surface area contributed by atoms with E-state index in [1.54, 1.807) is 7.11 Å². The predicted molar refractivity (Wildman–Crippen MR) is 367 cm³/mol. The van der Waals surface area contributed by atoms with E-state index in [2.05, 4.69) is 354 Å². The molecule has 438 valence electrons. The molecule has 0 aliphatic carbocycles. The molecule has 0 saturated carbocycles. The number of aryl methyl sites for hydroxylation is 18. The van der Waals surface area contributed by atoms with Crippen molar-refractivity contribution in [2.24, 2.45) is 0 Å². The van der Waals surface area contributed by atoms with Crippen LogP contribution in [0, 0.1) is 132 Å². The van der Waals surface area contributed by atoms with Crippen molar-refractivity contribution in [3.05, 3.63) is 311 Å². The first kappa shape index (κ1) is 72.8. The van der Waals surface area contributed by atoms with Crippen molar-refractivity contribution >= 4 is 0 Å². The van der Waals surface area contributed by atoms with Gasteiger partial charge in [0.1, 0.15) is 5.75 Å². The number of ether oxygens (including phenoxy) is 1. The Morgan fingerprint density at radius 3 is 0.793 bits per heavy atom. The Morgan fingerprint density at radius 1 is 0.268 bits per heavy atom. The van der Waals surface area contributed by atoms with Gasteiger partial charge >= 0.3 is 0 Å². The van der Waals surface area contributed by atoms with Crippen LogP contribution in [0.2, 0.25) is 0 Å². The standard InChI is InChI=1S/C11H16O.C11H16.C10H14.C9H12.5C8H10/c1-8(2)10-5-6-11(12-4)9(3)7-10;1-9-5-7-10(8-6-9)11(2,3)4;1-7-5-8(2)10(4)9(3)6-7;1-7-4-5-8(2)9(3)6-7;5*1-7-4-3-5-8(2)6-7/h5-8H,1-4H3;5-8H,1-4H3;5-6H,1-4H3;4-6H,1-3H3;5*3-6H,1-2H3. The first-order valence-corrected chi connectivity index (χ1v) is 29.4. The molecule has 0 unspecified atom stereocenters. The third kappa shape index (κ3) is 32.9. The van der Waals surface area contributed by atoms with Crippen LogP contribution in [0.5, 0.6) is 5.75 Å². The van der Waals surface area contributed by atoms with Crippen molar-refractivity contribution in [2.75, 3.05) is 7.11 Å². The fourth-order valence-corrected chi connectivity index (χ4v) is 8.49. The molecule has 0 amide bonds. The summed E-state index contributed by atoms with van der Waals surface area (Å²) < 4.78 is 5.18. The Kier molecular flexibility index (Phi) is 34.2. The summed E-state index contributed by atoms with van der Waals surface area (Å²) in [6, 6.07) is 68.3. The molecule has 9 aromatic rings. The van der Waals surface area contributed by atoms with Gasteiger partial charge in [-0.1, -0.05) is 295 Å². The highest BCUT2D eigenvalue weighted by Gasteiger charge is 2.12. The van der Waals surface area contributed by atoms with E-state index in [1.165, 1.54) is 117 Å². The van der Waals surface area contributed by atoms with Gasteiger partial charge in [0.2, 0.25) is 0 Å². The van der Waals surface area contributed by atoms with E-state index in [-0.39, 0.29) is 5.41 Å². The average Bonchev–Trinajstić information content (AvgIpc) is 3.38. The first-order valence-electron chi connectivity index (χ1n) is 29.4. The van der Waals surface area contributed by atoms with Gasteiger partial charge in [0, 0.05) is 0 Å². The molecule has 0 N–H and O–H groups in total. The molecule has 82 heavy (non-hydrogen) atoms. The van der Waals surface area contributed by atoms with Crippen molar-refractivity contribution in [2.45, 2.75) is 178 Å². The highest BCUT2D eigenvalue weighted by molar-refractivity contribution is 5.38. The zero-order valence-electron chi connectivity index (χ0n) is 56.0. The topological polar surface area (TPSA) is 9.23 Å². The molecule has 0 fully saturated rings. The molecule has 0 aliphatic rings. The Bertz CT molecular complexity index is 2850. The van der Waals surface area contributed by atoms with Crippen molar-refractivity contribution in [3.8, 4) is 5.75 Å². The van der Waals surface area contributed by atoms with E-state index in [1.807, 2.05) is 6.07 Å². The zero-order chi connectivity index (χ0) is 62.1. The molecule has 0 radical (unpaired) electrons. The maximum absolute atomic E-state index is 5.18. The van der Waals surface area contributed by atoms with Crippen molar-refractivity contribution in [1.82, 2.24) is 0 Å². The average molecular weight is 1100 g/mol. The smallest absolute Gasteiger partial charge is 0.121 e. The number of hydrogen-bond donors (Lipinski definition) is 0. The molecular formula is C81H108O. The normalized spacial score (nSPS) is 9.88. The summed E-state index contributed by atoms with van der Waals surface area (Å²) in [6.45, 7) is 51.4. The lowest BCUT2D eigenvalue weighted by Gasteiger charge is -2.18. The molecule has 0 saturated heterocycles. The molecule has 0 bridgehead atoms.